The summed E-state index contributed by atoms with van der Waals surface area (Å²) in [5, 5.41) is 0. The molecule has 0 aromatic heterocycles. The fourth-order valence-electron chi connectivity index (χ4n) is 2.03. The highest BCUT2D eigenvalue weighted by molar-refractivity contribution is 5.30. The minimum atomic E-state index is 0.0383. The SMILES string of the molecule is COCc1ccccc1C1OCCC1N. The van der Waals surface area contributed by atoms with Gasteiger partial charge in [0.1, 0.15) is 0 Å². The first-order valence-corrected chi connectivity index (χ1v) is 5.27. The summed E-state index contributed by atoms with van der Waals surface area (Å²) in [6.07, 6.45) is 0.975. The zero-order valence-corrected chi connectivity index (χ0v) is 8.98. The quantitative estimate of drug-likeness (QED) is 0.819. The second-order valence-corrected chi connectivity index (χ2v) is 3.88. The van der Waals surface area contributed by atoms with Crippen LogP contribution in [0.5, 0.6) is 0 Å². The van der Waals surface area contributed by atoms with Crippen LogP contribution in [0.1, 0.15) is 23.7 Å². The normalized spacial score (nSPS) is 25.7. The van der Waals surface area contributed by atoms with E-state index in [2.05, 4.69) is 12.1 Å². The van der Waals surface area contributed by atoms with Gasteiger partial charge in [-0.3, -0.25) is 0 Å². The van der Waals surface area contributed by atoms with Crippen LogP contribution in [0.15, 0.2) is 24.3 Å². The number of methoxy groups -OCH3 is 1. The number of hydrogen-bond donors (Lipinski definition) is 1. The first-order chi connectivity index (χ1) is 7.33. The molecule has 0 aliphatic carbocycles. The number of ether oxygens (including phenoxy) is 2. The summed E-state index contributed by atoms with van der Waals surface area (Å²) in [4.78, 5) is 0. The fourth-order valence-corrected chi connectivity index (χ4v) is 2.03. The molecule has 2 rings (SSSR count). The second-order valence-electron chi connectivity index (χ2n) is 3.88. The van der Waals surface area contributed by atoms with Gasteiger partial charge in [-0.1, -0.05) is 24.3 Å². The second kappa shape index (κ2) is 4.75. The van der Waals surface area contributed by atoms with Crippen molar-refractivity contribution in [1.29, 1.82) is 0 Å². The molecule has 1 aliphatic heterocycles. The van der Waals surface area contributed by atoms with Crippen molar-refractivity contribution in [3.05, 3.63) is 35.4 Å². The van der Waals surface area contributed by atoms with Crippen LogP contribution >= 0.6 is 0 Å². The molecule has 1 heterocycles. The first kappa shape index (κ1) is 10.6. The molecule has 2 atom stereocenters. The number of rotatable bonds is 3. The maximum atomic E-state index is 6.01. The van der Waals surface area contributed by atoms with Gasteiger partial charge in [-0.15, -0.1) is 0 Å². The minimum Gasteiger partial charge on any atom is -0.380 e. The molecule has 1 aromatic carbocycles. The molecule has 1 aromatic rings. The van der Waals surface area contributed by atoms with Crippen LogP contribution in [-0.4, -0.2) is 19.8 Å². The van der Waals surface area contributed by atoms with Gasteiger partial charge in [-0.2, -0.15) is 0 Å². The van der Waals surface area contributed by atoms with Gasteiger partial charge in [0, 0.05) is 19.8 Å². The topological polar surface area (TPSA) is 44.5 Å². The predicted molar refractivity (Wildman–Crippen MR) is 58.4 cm³/mol. The average Bonchev–Trinajstić information content (AvgIpc) is 2.66. The zero-order chi connectivity index (χ0) is 10.7. The van der Waals surface area contributed by atoms with Crippen LogP contribution in [0.25, 0.3) is 0 Å². The molecule has 0 radical (unpaired) electrons. The Kier molecular flexibility index (Phi) is 3.36. The van der Waals surface area contributed by atoms with E-state index < -0.39 is 0 Å². The van der Waals surface area contributed by atoms with Crippen LogP contribution in [0.3, 0.4) is 0 Å². The van der Waals surface area contributed by atoms with Crippen molar-refractivity contribution in [1.82, 2.24) is 0 Å². The van der Waals surface area contributed by atoms with Gasteiger partial charge < -0.3 is 15.2 Å². The third-order valence-corrected chi connectivity index (χ3v) is 2.80. The van der Waals surface area contributed by atoms with Gasteiger partial charge in [0.2, 0.25) is 0 Å². The summed E-state index contributed by atoms with van der Waals surface area (Å²) in [6.45, 7) is 1.37. The van der Waals surface area contributed by atoms with Crippen molar-refractivity contribution in [3.8, 4) is 0 Å². The van der Waals surface area contributed by atoms with E-state index in [1.165, 1.54) is 11.1 Å². The zero-order valence-electron chi connectivity index (χ0n) is 8.98. The van der Waals surface area contributed by atoms with Gasteiger partial charge in [0.25, 0.3) is 0 Å². The monoisotopic (exact) mass is 207 g/mol. The molecule has 15 heavy (non-hydrogen) atoms. The molecule has 1 fully saturated rings. The Morgan fingerprint density at radius 1 is 1.47 bits per heavy atom. The van der Waals surface area contributed by atoms with Gasteiger partial charge in [-0.05, 0) is 17.5 Å². The smallest absolute Gasteiger partial charge is 0.0980 e. The Labute approximate surface area is 90.2 Å². The van der Waals surface area contributed by atoms with E-state index >= 15 is 0 Å². The standard InChI is InChI=1S/C12H17NO2/c1-14-8-9-4-2-3-5-10(9)12-11(13)6-7-15-12/h2-5,11-12H,6-8,13H2,1H3. The third-order valence-electron chi connectivity index (χ3n) is 2.80. The van der Waals surface area contributed by atoms with Crippen molar-refractivity contribution >= 4 is 0 Å². The van der Waals surface area contributed by atoms with Crippen molar-refractivity contribution in [2.75, 3.05) is 13.7 Å². The van der Waals surface area contributed by atoms with Crippen molar-refractivity contribution < 1.29 is 9.47 Å². The molecule has 0 bridgehead atoms. The molecule has 2 N–H and O–H groups in total. The highest BCUT2D eigenvalue weighted by Gasteiger charge is 2.27. The van der Waals surface area contributed by atoms with Gasteiger partial charge in [0.05, 0.1) is 12.7 Å². The Balaban J connectivity index is 2.25. The molecule has 1 saturated heterocycles. The van der Waals surface area contributed by atoms with Crippen LogP contribution < -0.4 is 5.73 Å². The summed E-state index contributed by atoms with van der Waals surface area (Å²) in [5.74, 6) is 0. The lowest BCUT2D eigenvalue weighted by molar-refractivity contribution is 0.101. The molecular weight excluding hydrogens is 190 g/mol. The Morgan fingerprint density at radius 2 is 2.27 bits per heavy atom. The summed E-state index contributed by atoms with van der Waals surface area (Å²) in [5.41, 5.74) is 8.35. The number of benzene rings is 1. The largest absolute Gasteiger partial charge is 0.380 e. The number of nitrogens with two attached hydrogens (primary N) is 1. The molecular formula is C12H17NO2. The van der Waals surface area contributed by atoms with E-state index in [4.69, 9.17) is 15.2 Å². The van der Waals surface area contributed by atoms with E-state index in [-0.39, 0.29) is 12.1 Å². The molecule has 0 amide bonds. The lowest BCUT2D eigenvalue weighted by atomic mass is 9.98. The highest BCUT2D eigenvalue weighted by atomic mass is 16.5. The van der Waals surface area contributed by atoms with E-state index in [0.717, 1.165) is 13.0 Å². The van der Waals surface area contributed by atoms with Crippen LogP contribution in [-0.2, 0) is 16.1 Å². The first-order valence-electron chi connectivity index (χ1n) is 5.27. The molecule has 1 aliphatic rings. The number of hydrogen-bond acceptors (Lipinski definition) is 3. The average molecular weight is 207 g/mol. The predicted octanol–water partition coefficient (Wildman–Crippen LogP) is 1.62. The van der Waals surface area contributed by atoms with Crippen LogP contribution in [0.4, 0.5) is 0 Å². The highest BCUT2D eigenvalue weighted by Crippen LogP contribution is 2.30. The van der Waals surface area contributed by atoms with Crippen molar-refractivity contribution in [3.63, 3.8) is 0 Å². The fraction of sp³-hybridized carbons (Fsp3) is 0.500. The van der Waals surface area contributed by atoms with Gasteiger partial charge >= 0.3 is 0 Å². The summed E-state index contributed by atoms with van der Waals surface area (Å²) < 4.78 is 10.8. The molecule has 82 valence electrons. The maximum Gasteiger partial charge on any atom is 0.0980 e. The molecule has 0 saturated carbocycles. The Hall–Kier alpha value is -0.900. The Morgan fingerprint density at radius 3 is 2.93 bits per heavy atom. The summed E-state index contributed by atoms with van der Waals surface area (Å²) in [6, 6.07) is 8.28. The lowest BCUT2D eigenvalue weighted by Gasteiger charge is -2.18. The third kappa shape index (κ3) is 2.20. The van der Waals surface area contributed by atoms with E-state index in [9.17, 15) is 0 Å². The molecule has 3 heteroatoms. The van der Waals surface area contributed by atoms with Crippen molar-refractivity contribution in [2.45, 2.75) is 25.2 Å². The van der Waals surface area contributed by atoms with Gasteiger partial charge in [-0.25, -0.2) is 0 Å². The van der Waals surface area contributed by atoms with Crippen LogP contribution in [0.2, 0.25) is 0 Å². The van der Waals surface area contributed by atoms with E-state index in [0.29, 0.717) is 6.61 Å². The van der Waals surface area contributed by atoms with Crippen LogP contribution in [0, 0.1) is 0 Å². The lowest BCUT2D eigenvalue weighted by Crippen LogP contribution is -2.24. The van der Waals surface area contributed by atoms with E-state index in [1.807, 2.05) is 12.1 Å². The van der Waals surface area contributed by atoms with E-state index in [1.54, 1.807) is 7.11 Å². The minimum absolute atomic E-state index is 0.0383. The van der Waals surface area contributed by atoms with Gasteiger partial charge in [0.15, 0.2) is 0 Å². The summed E-state index contributed by atoms with van der Waals surface area (Å²) in [7, 11) is 1.70. The Bertz CT molecular complexity index is 327. The summed E-state index contributed by atoms with van der Waals surface area (Å²) >= 11 is 0. The molecule has 3 nitrogen and oxygen atoms in total. The maximum absolute atomic E-state index is 6.01. The molecule has 2 unspecified atom stereocenters. The molecule has 0 spiro atoms. The van der Waals surface area contributed by atoms with Crippen molar-refractivity contribution in [2.24, 2.45) is 5.73 Å².